The first-order chi connectivity index (χ1) is 7.69. The quantitative estimate of drug-likeness (QED) is 0.571. The van der Waals surface area contributed by atoms with Crippen LogP contribution in [-0.4, -0.2) is 36.6 Å². The summed E-state index contributed by atoms with van der Waals surface area (Å²) >= 11 is 0. The lowest BCUT2D eigenvalue weighted by Gasteiger charge is -2.32. The maximum absolute atomic E-state index is 6.03. The molecule has 0 N–H and O–H groups in total. The van der Waals surface area contributed by atoms with E-state index in [0.29, 0.717) is 0 Å². The lowest BCUT2D eigenvalue weighted by Crippen LogP contribution is -2.41. The van der Waals surface area contributed by atoms with E-state index in [1.54, 1.807) is 0 Å². The molecule has 1 aliphatic heterocycles. The highest BCUT2D eigenvalue weighted by Gasteiger charge is 2.51. The van der Waals surface area contributed by atoms with Crippen LogP contribution in [0.4, 0.5) is 0 Å². The molecule has 0 bridgehead atoms. The van der Waals surface area contributed by atoms with Crippen LogP contribution in [0.25, 0.3) is 0 Å². The third kappa shape index (κ3) is 3.54. The van der Waals surface area contributed by atoms with Crippen LogP contribution >= 0.6 is 9.39 Å². The fourth-order valence-electron chi connectivity index (χ4n) is 1.66. The zero-order chi connectivity index (χ0) is 13.3. The van der Waals surface area contributed by atoms with Gasteiger partial charge in [0.2, 0.25) is 0 Å². The van der Waals surface area contributed by atoms with Gasteiger partial charge in [-0.2, -0.15) is 0 Å². The molecule has 3 nitrogen and oxygen atoms in total. The Labute approximate surface area is 108 Å². The summed E-state index contributed by atoms with van der Waals surface area (Å²) in [5.74, 6) is 0. The normalized spacial score (nSPS) is 23.5. The third-order valence-corrected chi connectivity index (χ3v) is 3.82. The Hall–Kier alpha value is 0.115. The highest BCUT2D eigenvalue weighted by molar-refractivity contribution is 7.13. The minimum atomic E-state index is -0.251. The molecule has 0 aromatic carbocycles. The van der Waals surface area contributed by atoms with Gasteiger partial charge < -0.3 is 9.31 Å². The van der Waals surface area contributed by atoms with Crippen molar-refractivity contribution in [2.45, 2.75) is 52.2 Å². The van der Waals surface area contributed by atoms with E-state index < -0.39 is 0 Å². The van der Waals surface area contributed by atoms with Crippen LogP contribution in [0.3, 0.4) is 0 Å². The summed E-state index contributed by atoms with van der Waals surface area (Å²) in [6, 6.07) is 0. The Morgan fingerprint density at radius 3 is 2.06 bits per heavy atom. The summed E-state index contributed by atoms with van der Waals surface area (Å²) in [4.78, 5) is 0. The third-order valence-electron chi connectivity index (χ3n) is 3.61. The van der Waals surface area contributed by atoms with Gasteiger partial charge in [0.15, 0.2) is 0 Å². The standard InChI is InChI=1S/C12H25BNO2P/c1-7-10(8-9-14(6)17)13-15-11(2,3)12(4,5)16-13/h8H,7,9,17H2,1-6H3/b10-8+. The molecule has 0 spiro atoms. The van der Waals surface area contributed by atoms with E-state index in [2.05, 4.69) is 54.8 Å². The number of hydrogen-bond acceptors (Lipinski definition) is 3. The van der Waals surface area contributed by atoms with Crippen molar-refractivity contribution in [1.29, 1.82) is 0 Å². The summed E-state index contributed by atoms with van der Waals surface area (Å²) in [6.07, 6.45) is 3.14. The molecule has 0 saturated carbocycles. The van der Waals surface area contributed by atoms with Crippen molar-refractivity contribution in [2.75, 3.05) is 13.6 Å². The average Bonchev–Trinajstić information content (AvgIpc) is 2.36. The number of hydrogen-bond donors (Lipinski definition) is 0. The van der Waals surface area contributed by atoms with Crippen molar-refractivity contribution >= 4 is 16.5 Å². The Morgan fingerprint density at radius 1 is 1.24 bits per heavy atom. The molecular formula is C12H25BNO2P. The Kier molecular flexibility index (Phi) is 4.82. The average molecular weight is 257 g/mol. The van der Waals surface area contributed by atoms with Crippen LogP contribution in [-0.2, 0) is 9.31 Å². The van der Waals surface area contributed by atoms with Crippen LogP contribution in [0.5, 0.6) is 0 Å². The molecule has 98 valence electrons. The first-order valence-corrected chi connectivity index (χ1v) is 6.71. The summed E-state index contributed by atoms with van der Waals surface area (Å²) in [6.45, 7) is 11.4. The van der Waals surface area contributed by atoms with Crippen LogP contribution in [0.1, 0.15) is 41.0 Å². The molecule has 17 heavy (non-hydrogen) atoms. The molecule has 1 rings (SSSR count). The predicted octanol–water partition coefficient (Wildman–Crippen LogP) is 2.68. The maximum Gasteiger partial charge on any atom is 0.490 e. The van der Waals surface area contributed by atoms with Gasteiger partial charge >= 0.3 is 7.12 Å². The van der Waals surface area contributed by atoms with Gasteiger partial charge in [-0.1, -0.05) is 22.4 Å². The SMILES string of the molecule is CC/C(=C\CN(C)P)B1OC(C)(C)C(C)(C)O1. The van der Waals surface area contributed by atoms with Crippen LogP contribution in [0, 0.1) is 0 Å². The molecule has 1 saturated heterocycles. The number of rotatable bonds is 4. The van der Waals surface area contributed by atoms with Gasteiger partial charge in [-0.25, -0.2) is 0 Å². The second-order valence-electron chi connectivity index (χ2n) is 5.66. The second kappa shape index (κ2) is 5.40. The van der Waals surface area contributed by atoms with Crippen molar-refractivity contribution in [3.63, 3.8) is 0 Å². The first-order valence-electron chi connectivity index (χ1n) is 6.20. The summed E-state index contributed by atoms with van der Waals surface area (Å²) < 4.78 is 14.1. The van der Waals surface area contributed by atoms with Crippen molar-refractivity contribution in [2.24, 2.45) is 0 Å². The van der Waals surface area contributed by atoms with Crippen molar-refractivity contribution < 1.29 is 9.31 Å². The Balaban J connectivity index is 2.77. The molecular weight excluding hydrogens is 232 g/mol. The molecule has 0 aromatic heterocycles. The smallest absolute Gasteiger partial charge is 0.400 e. The van der Waals surface area contributed by atoms with Gasteiger partial charge in [0.1, 0.15) is 0 Å². The molecule has 1 heterocycles. The van der Waals surface area contributed by atoms with Crippen LogP contribution < -0.4 is 0 Å². The van der Waals surface area contributed by atoms with Crippen LogP contribution in [0.2, 0.25) is 0 Å². The topological polar surface area (TPSA) is 21.7 Å². The second-order valence-corrected chi connectivity index (χ2v) is 6.54. The predicted molar refractivity (Wildman–Crippen MR) is 76.8 cm³/mol. The summed E-state index contributed by atoms with van der Waals surface area (Å²) in [5, 5.41) is 0. The molecule has 1 fully saturated rings. The molecule has 5 heteroatoms. The van der Waals surface area contributed by atoms with E-state index in [9.17, 15) is 0 Å². The van der Waals surface area contributed by atoms with Gasteiger partial charge in [-0.3, -0.25) is 4.67 Å². The minimum absolute atomic E-state index is 0.199. The van der Waals surface area contributed by atoms with Crippen molar-refractivity contribution in [3.8, 4) is 0 Å². The number of nitrogens with zero attached hydrogens (tertiary/aromatic N) is 1. The molecule has 1 unspecified atom stereocenters. The molecule has 0 radical (unpaired) electrons. The van der Waals surface area contributed by atoms with Crippen LogP contribution in [0.15, 0.2) is 11.5 Å². The minimum Gasteiger partial charge on any atom is -0.400 e. The van der Waals surface area contributed by atoms with Crippen molar-refractivity contribution in [1.82, 2.24) is 4.67 Å². The van der Waals surface area contributed by atoms with Gasteiger partial charge in [0.25, 0.3) is 0 Å². The molecule has 1 atom stereocenters. The maximum atomic E-state index is 6.03. The first kappa shape index (κ1) is 15.2. The van der Waals surface area contributed by atoms with Gasteiger partial charge in [-0.15, -0.1) is 0 Å². The van der Waals surface area contributed by atoms with E-state index in [0.717, 1.165) is 13.0 Å². The van der Waals surface area contributed by atoms with Gasteiger partial charge in [-0.05, 0) is 46.6 Å². The summed E-state index contributed by atoms with van der Waals surface area (Å²) in [5.41, 5.74) is 0.718. The zero-order valence-electron chi connectivity index (χ0n) is 11.9. The van der Waals surface area contributed by atoms with E-state index in [1.807, 2.05) is 7.05 Å². The number of allylic oxidation sites excluding steroid dienone is 1. The molecule has 0 amide bonds. The fraction of sp³-hybridized carbons (Fsp3) is 0.833. The van der Waals surface area contributed by atoms with E-state index in [1.165, 1.54) is 5.47 Å². The fourth-order valence-corrected chi connectivity index (χ4v) is 1.77. The lowest BCUT2D eigenvalue weighted by molar-refractivity contribution is 0.00578. The lowest BCUT2D eigenvalue weighted by atomic mass is 9.76. The van der Waals surface area contributed by atoms with Gasteiger partial charge in [0.05, 0.1) is 11.2 Å². The van der Waals surface area contributed by atoms with E-state index in [-0.39, 0.29) is 18.3 Å². The Morgan fingerprint density at radius 2 is 1.71 bits per heavy atom. The zero-order valence-corrected chi connectivity index (χ0v) is 13.1. The molecule has 1 aliphatic rings. The largest absolute Gasteiger partial charge is 0.490 e. The number of likely N-dealkylation sites (N-methyl/N-ethyl adjacent to an activating group) is 1. The highest BCUT2D eigenvalue weighted by Crippen LogP contribution is 2.38. The summed E-state index contributed by atoms with van der Waals surface area (Å²) in [7, 11) is 4.48. The highest BCUT2D eigenvalue weighted by atomic mass is 31.0. The monoisotopic (exact) mass is 257 g/mol. The van der Waals surface area contributed by atoms with Crippen molar-refractivity contribution in [3.05, 3.63) is 11.5 Å². The van der Waals surface area contributed by atoms with Gasteiger partial charge in [0, 0.05) is 6.54 Å². The molecule has 0 aromatic rings. The van der Waals surface area contributed by atoms with E-state index in [4.69, 9.17) is 9.31 Å². The molecule has 0 aliphatic carbocycles. The Bertz CT molecular complexity index is 287. The van der Waals surface area contributed by atoms with E-state index >= 15 is 0 Å².